The van der Waals surface area contributed by atoms with Crippen LogP contribution >= 0.6 is 0 Å². The molecule has 0 aromatic heterocycles. The van der Waals surface area contributed by atoms with Crippen molar-refractivity contribution in [1.29, 1.82) is 0 Å². The van der Waals surface area contributed by atoms with Gasteiger partial charge in [-0.15, -0.1) is 0 Å². The Morgan fingerprint density at radius 1 is 1.00 bits per heavy atom. The van der Waals surface area contributed by atoms with Gasteiger partial charge in [0.1, 0.15) is 5.78 Å². The largest absolute Gasteiger partial charge is 0.300 e. The Morgan fingerprint density at radius 3 is 1.82 bits per heavy atom. The normalized spacial score (nSPS) is 27.4. The summed E-state index contributed by atoms with van der Waals surface area (Å²) in [5.41, 5.74) is 0.433. The quantitative estimate of drug-likeness (QED) is 0.526. The standard InChI is InChI=1S/C20H40OSi/c1-15(2)18(5,6)19(7,8)22(10,11)20(9)13-16(21)12-17(3,4)14-20/h15H,12-14H2,1-11H3. The van der Waals surface area contributed by atoms with Crippen LogP contribution in [-0.2, 0) is 4.79 Å². The Balaban J connectivity index is 3.35. The molecule has 130 valence electrons. The number of hydrogen-bond acceptors (Lipinski definition) is 1. The molecule has 1 aliphatic carbocycles. The van der Waals surface area contributed by atoms with Crippen molar-refractivity contribution < 1.29 is 4.79 Å². The van der Waals surface area contributed by atoms with Gasteiger partial charge in [-0.2, -0.15) is 0 Å². The summed E-state index contributed by atoms with van der Waals surface area (Å²) in [6, 6.07) is 0. The molecule has 0 aromatic rings. The zero-order chi connectivity index (χ0) is 17.8. The summed E-state index contributed by atoms with van der Waals surface area (Å²) in [6.07, 6.45) is 2.76. The lowest BCUT2D eigenvalue weighted by Crippen LogP contribution is -2.58. The molecule has 0 bridgehead atoms. The van der Waals surface area contributed by atoms with E-state index in [1.54, 1.807) is 0 Å². The van der Waals surface area contributed by atoms with E-state index < -0.39 is 8.07 Å². The molecule has 0 saturated heterocycles. The van der Waals surface area contributed by atoms with Gasteiger partial charge in [0, 0.05) is 12.8 Å². The van der Waals surface area contributed by atoms with Gasteiger partial charge in [0.2, 0.25) is 0 Å². The van der Waals surface area contributed by atoms with Gasteiger partial charge in [-0.25, -0.2) is 0 Å². The van der Waals surface area contributed by atoms with E-state index in [1.165, 1.54) is 6.42 Å². The van der Waals surface area contributed by atoms with Gasteiger partial charge in [0.25, 0.3) is 0 Å². The third kappa shape index (κ3) is 2.97. The molecule has 1 rings (SSSR count). The van der Waals surface area contributed by atoms with Gasteiger partial charge >= 0.3 is 0 Å². The number of hydrogen-bond donors (Lipinski definition) is 0. The monoisotopic (exact) mass is 324 g/mol. The highest BCUT2D eigenvalue weighted by atomic mass is 28.3. The minimum atomic E-state index is -1.70. The smallest absolute Gasteiger partial charge is 0.133 e. The molecule has 1 saturated carbocycles. The summed E-state index contributed by atoms with van der Waals surface area (Å²) in [5.74, 6) is 1.13. The van der Waals surface area contributed by atoms with E-state index in [0.29, 0.717) is 11.7 Å². The lowest BCUT2D eigenvalue weighted by atomic mass is 9.70. The molecule has 22 heavy (non-hydrogen) atoms. The van der Waals surface area contributed by atoms with Crippen molar-refractivity contribution in [2.24, 2.45) is 16.7 Å². The molecule has 0 aromatic carbocycles. The zero-order valence-electron chi connectivity index (χ0n) is 17.1. The average Bonchev–Trinajstić information content (AvgIpc) is 2.24. The average molecular weight is 325 g/mol. The fourth-order valence-electron chi connectivity index (χ4n) is 4.94. The maximum atomic E-state index is 12.5. The fraction of sp³-hybridized carbons (Fsp3) is 0.950. The molecule has 1 unspecified atom stereocenters. The first kappa shape index (κ1) is 19.9. The third-order valence-corrected chi connectivity index (χ3v) is 15.4. The highest BCUT2D eigenvalue weighted by molar-refractivity contribution is 6.83. The fourth-order valence-corrected chi connectivity index (χ4v) is 9.90. The summed E-state index contributed by atoms with van der Waals surface area (Å²) in [6.45, 7) is 26.6. The van der Waals surface area contributed by atoms with Crippen LogP contribution in [0.4, 0.5) is 0 Å². The first-order valence-electron chi connectivity index (χ1n) is 9.02. The van der Waals surface area contributed by atoms with Crippen LogP contribution < -0.4 is 0 Å². The Hall–Kier alpha value is -0.113. The summed E-state index contributed by atoms with van der Waals surface area (Å²) in [4.78, 5) is 12.5. The van der Waals surface area contributed by atoms with Crippen molar-refractivity contribution in [2.75, 3.05) is 0 Å². The van der Waals surface area contributed by atoms with Crippen LogP contribution in [0.15, 0.2) is 0 Å². The Labute approximate surface area is 140 Å². The molecular formula is C20H40OSi. The molecule has 1 atom stereocenters. The van der Waals surface area contributed by atoms with Crippen LogP contribution in [0.3, 0.4) is 0 Å². The van der Waals surface area contributed by atoms with Gasteiger partial charge < -0.3 is 0 Å². The first-order valence-corrected chi connectivity index (χ1v) is 12.0. The molecule has 0 heterocycles. The summed E-state index contributed by atoms with van der Waals surface area (Å²) in [5, 5.41) is 0.470. The Bertz CT molecular complexity index is 443. The van der Waals surface area contributed by atoms with Gasteiger partial charge in [-0.05, 0) is 33.2 Å². The second-order valence-corrected chi connectivity index (χ2v) is 16.6. The van der Waals surface area contributed by atoms with E-state index in [-0.39, 0.29) is 20.9 Å². The zero-order valence-corrected chi connectivity index (χ0v) is 18.1. The molecule has 0 aliphatic heterocycles. The lowest BCUT2D eigenvalue weighted by Gasteiger charge is -2.62. The SMILES string of the molecule is CC(C)C(C)(C)C(C)(C)[Si](C)(C)C1(C)CC(=O)CC(C)(C)C1. The minimum absolute atomic E-state index is 0.159. The van der Waals surface area contributed by atoms with Crippen molar-refractivity contribution in [3.8, 4) is 0 Å². The van der Waals surface area contributed by atoms with E-state index >= 15 is 0 Å². The number of Topliss-reactive ketones (excluding diaryl/α,β-unsaturated/α-hetero) is 1. The van der Waals surface area contributed by atoms with Crippen LogP contribution in [0, 0.1) is 16.7 Å². The van der Waals surface area contributed by atoms with Gasteiger partial charge in [-0.1, -0.05) is 75.4 Å². The molecule has 0 spiro atoms. The Kier molecular flexibility index (Phi) is 4.95. The van der Waals surface area contributed by atoms with Crippen LogP contribution in [0.1, 0.15) is 81.6 Å². The second-order valence-electron chi connectivity index (χ2n) is 10.9. The molecule has 1 aliphatic rings. The highest BCUT2D eigenvalue weighted by Crippen LogP contribution is 2.67. The summed E-state index contributed by atoms with van der Waals surface area (Å²) >= 11 is 0. The third-order valence-electron chi connectivity index (χ3n) is 8.26. The molecule has 0 N–H and O–H groups in total. The van der Waals surface area contributed by atoms with Crippen molar-refractivity contribution in [1.82, 2.24) is 0 Å². The second kappa shape index (κ2) is 5.46. The van der Waals surface area contributed by atoms with Gasteiger partial charge in [0.05, 0.1) is 8.07 Å². The summed E-state index contributed by atoms with van der Waals surface area (Å²) < 4.78 is 0. The van der Waals surface area contributed by atoms with Crippen LogP contribution in [0.2, 0.25) is 23.2 Å². The maximum Gasteiger partial charge on any atom is 0.133 e. The van der Waals surface area contributed by atoms with Crippen LogP contribution in [0.5, 0.6) is 0 Å². The van der Waals surface area contributed by atoms with E-state index in [1.807, 2.05) is 0 Å². The molecule has 0 radical (unpaired) electrons. The highest BCUT2D eigenvalue weighted by Gasteiger charge is 2.60. The Morgan fingerprint density at radius 2 is 1.45 bits per heavy atom. The number of rotatable bonds is 4. The lowest BCUT2D eigenvalue weighted by molar-refractivity contribution is -0.124. The van der Waals surface area contributed by atoms with Gasteiger partial charge in [0.15, 0.2) is 0 Å². The van der Waals surface area contributed by atoms with Gasteiger partial charge in [-0.3, -0.25) is 4.79 Å². The minimum Gasteiger partial charge on any atom is -0.300 e. The van der Waals surface area contributed by atoms with Crippen molar-refractivity contribution in [2.45, 2.75) is 105 Å². The van der Waals surface area contributed by atoms with Crippen molar-refractivity contribution in [3.63, 3.8) is 0 Å². The van der Waals surface area contributed by atoms with Crippen LogP contribution in [0.25, 0.3) is 0 Å². The molecule has 2 heteroatoms. The first-order chi connectivity index (χ1) is 9.50. The number of carbonyl (C=O) groups excluding carboxylic acids is 1. The molecule has 1 fully saturated rings. The van der Waals surface area contributed by atoms with Crippen molar-refractivity contribution >= 4 is 13.9 Å². The summed E-state index contributed by atoms with van der Waals surface area (Å²) in [7, 11) is -1.70. The van der Waals surface area contributed by atoms with E-state index in [4.69, 9.17) is 0 Å². The van der Waals surface area contributed by atoms with E-state index in [9.17, 15) is 4.79 Å². The number of ketones is 1. The molecule has 0 amide bonds. The molecule has 1 nitrogen and oxygen atoms in total. The van der Waals surface area contributed by atoms with Crippen molar-refractivity contribution in [3.05, 3.63) is 0 Å². The van der Waals surface area contributed by atoms with E-state index in [2.05, 4.69) is 75.4 Å². The maximum absolute atomic E-state index is 12.5. The molecular weight excluding hydrogens is 284 g/mol. The predicted octanol–water partition coefficient (Wildman–Crippen LogP) is 6.70. The topological polar surface area (TPSA) is 17.1 Å². The van der Waals surface area contributed by atoms with E-state index in [0.717, 1.165) is 12.8 Å². The number of carbonyl (C=O) groups is 1. The van der Waals surface area contributed by atoms with Crippen LogP contribution in [-0.4, -0.2) is 13.9 Å². The predicted molar refractivity (Wildman–Crippen MR) is 101 cm³/mol.